The summed E-state index contributed by atoms with van der Waals surface area (Å²) >= 11 is 1.70. The van der Waals surface area contributed by atoms with Crippen LogP contribution in [0.3, 0.4) is 0 Å². The van der Waals surface area contributed by atoms with Gasteiger partial charge in [0.25, 0.3) is 0 Å². The number of hydrogen-bond acceptors (Lipinski definition) is 6. The largest absolute Gasteiger partial charge is 0.371 e. The molecule has 0 N–H and O–H groups in total. The zero-order valence-electron chi connectivity index (χ0n) is 15.2. The summed E-state index contributed by atoms with van der Waals surface area (Å²) in [7, 11) is 4.12. The average molecular weight is 365 g/mol. The molecular formula is C18H28N4O2S. The number of likely N-dealkylation sites (tertiary alicyclic amines) is 2. The van der Waals surface area contributed by atoms with Crippen LogP contribution in [0.25, 0.3) is 0 Å². The molecule has 3 aliphatic rings. The number of morpholine rings is 1. The van der Waals surface area contributed by atoms with Gasteiger partial charge >= 0.3 is 0 Å². The number of fused-ring (bicyclic) bond motifs is 3. The van der Waals surface area contributed by atoms with Gasteiger partial charge in [-0.25, -0.2) is 4.98 Å². The fourth-order valence-electron chi connectivity index (χ4n) is 4.65. The Morgan fingerprint density at radius 3 is 3.08 bits per heavy atom. The second kappa shape index (κ2) is 6.95. The molecular weight excluding hydrogens is 336 g/mol. The highest BCUT2D eigenvalue weighted by atomic mass is 32.1. The van der Waals surface area contributed by atoms with Crippen LogP contribution in [-0.2, 0) is 16.1 Å². The summed E-state index contributed by atoms with van der Waals surface area (Å²) in [5, 5.41) is 3.18. The second-order valence-electron chi connectivity index (χ2n) is 7.93. The van der Waals surface area contributed by atoms with Gasteiger partial charge in [-0.15, -0.1) is 11.3 Å². The van der Waals surface area contributed by atoms with Crippen molar-refractivity contribution in [3.63, 3.8) is 0 Å². The molecule has 25 heavy (non-hydrogen) atoms. The minimum atomic E-state index is -0.285. The Morgan fingerprint density at radius 1 is 1.44 bits per heavy atom. The van der Waals surface area contributed by atoms with Gasteiger partial charge in [-0.2, -0.15) is 0 Å². The fourth-order valence-corrected chi connectivity index (χ4v) is 5.31. The fraction of sp³-hybridized carbons (Fsp3) is 0.778. The SMILES string of the molecule is CN(C)CCN1CCC[C@@]2(C[C@H]3CN(Cc4nccs4)C[C@H]2O3)C1=O. The number of carbonyl (C=O) groups excluding carboxylic acids is 1. The summed E-state index contributed by atoms with van der Waals surface area (Å²) in [6.45, 7) is 5.30. The van der Waals surface area contributed by atoms with Crippen molar-refractivity contribution in [2.24, 2.45) is 5.41 Å². The topological polar surface area (TPSA) is 48.9 Å². The summed E-state index contributed by atoms with van der Waals surface area (Å²) in [5.41, 5.74) is -0.285. The van der Waals surface area contributed by atoms with Gasteiger partial charge in [0.1, 0.15) is 5.01 Å². The summed E-state index contributed by atoms with van der Waals surface area (Å²) in [6, 6.07) is 0. The number of amides is 1. The van der Waals surface area contributed by atoms with E-state index in [9.17, 15) is 4.79 Å². The minimum Gasteiger partial charge on any atom is -0.371 e. The maximum absolute atomic E-state index is 13.3. The lowest BCUT2D eigenvalue weighted by molar-refractivity contribution is -0.153. The third-order valence-corrected chi connectivity index (χ3v) is 6.64. The minimum absolute atomic E-state index is 0.0425. The molecule has 7 heteroatoms. The number of rotatable bonds is 5. The number of ether oxygens (including phenoxy) is 1. The van der Waals surface area contributed by atoms with Crippen molar-refractivity contribution in [3.05, 3.63) is 16.6 Å². The van der Waals surface area contributed by atoms with E-state index in [1.54, 1.807) is 11.3 Å². The van der Waals surface area contributed by atoms with E-state index in [2.05, 4.69) is 33.8 Å². The number of aromatic nitrogens is 1. The Balaban J connectivity index is 1.46. The lowest BCUT2D eigenvalue weighted by atomic mass is 9.73. The zero-order valence-corrected chi connectivity index (χ0v) is 16.0. The molecule has 3 fully saturated rings. The molecule has 0 saturated carbocycles. The molecule has 0 unspecified atom stereocenters. The Labute approximate surface area is 153 Å². The van der Waals surface area contributed by atoms with E-state index in [-0.39, 0.29) is 17.6 Å². The maximum Gasteiger partial charge on any atom is 0.231 e. The molecule has 138 valence electrons. The number of thiazole rings is 1. The Kier molecular flexibility index (Phi) is 4.83. The summed E-state index contributed by atoms with van der Waals surface area (Å²) < 4.78 is 6.27. The first-order valence-electron chi connectivity index (χ1n) is 9.27. The monoisotopic (exact) mass is 364 g/mol. The first-order valence-corrected chi connectivity index (χ1v) is 10.1. The first-order chi connectivity index (χ1) is 12.1. The van der Waals surface area contributed by atoms with Crippen molar-refractivity contribution in [2.75, 3.05) is 46.8 Å². The normalized spacial score (nSPS) is 32.9. The van der Waals surface area contributed by atoms with Crippen LogP contribution >= 0.6 is 11.3 Å². The number of hydrogen-bond donors (Lipinski definition) is 0. The molecule has 4 rings (SSSR count). The van der Waals surface area contributed by atoms with Crippen molar-refractivity contribution < 1.29 is 9.53 Å². The van der Waals surface area contributed by atoms with Gasteiger partial charge in [0.05, 0.1) is 24.2 Å². The van der Waals surface area contributed by atoms with Crippen molar-refractivity contribution in [1.29, 1.82) is 0 Å². The van der Waals surface area contributed by atoms with Gasteiger partial charge < -0.3 is 14.5 Å². The molecule has 0 radical (unpaired) electrons. The molecule has 1 spiro atoms. The van der Waals surface area contributed by atoms with Crippen LogP contribution in [-0.4, -0.2) is 84.6 Å². The Hall–Kier alpha value is -1.02. The Morgan fingerprint density at radius 2 is 2.32 bits per heavy atom. The maximum atomic E-state index is 13.3. The first kappa shape index (κ1) is 17.4. The molecule has 3 atom stereocenters. The van der Waals surface area contributed by atoms with Crippen LogP contribution in [0.2, 0.25) is 0 Å². The van der Waals surface area contributed by atoms with E-state index in [1.807, 2.05) is 11.6 Å². The van der Waals surface area contributed by atoms with Gasteiger partial charge in [0.2, 0.25) is 5.91 Å². The number of nitrogens with zero attached hydrogens (tertiary/aromatic N) is 4. The summed E-state index contributed by atoms with van der Waals surface area (Å²) in [6.07, 6.45) is 5.07. The predicted octanol–water partition coefficient (Wildman–Crippen LogP) is 1.29. The van der Waals surface area contributed by atoms with E-state index in [0.29, 0.717) is 5.91 Å². The molecule has 1 aromatic heterocycles. The van der Waals surface area contributed by atoms with Crippen LogP contribution in [0.4, 0.5) is 0 Å². The molecule has 2 bridgehead atoms. The predicted molar refractivity (Wildman–Crippen MR) is 97.5 cm³/mol. The van der Waals surface area contributed by atoms with Crippen LogP contribution < -0.4 is 0 Å². The van der Waals surface area contributed by atoms with E-state index >= 15 is 0 Å². The molecule has 0 aliphatic carbocycles. The third-order valence-electron chi connectivity index (χ3n) is 5.87. The molecule has 1 aromatic rings. The van der Waals surface area contributed by atoms with E-state index in [1.165, 1.54) is 0 Å². The van der Waals surface area contributed by atoms with Crippen LogP contribution in [0.5, 0.6) is 0 Å². The average Bonchev–Trinajstić information content (AvgIpc) is 3.16. The summed E-state index contributed by atoms with van der Waals surface area (Å²) in [5.74, 6) is 0.337. The van der Waals surface area contributed by atoms with E-state index < -0.39 is 0 Å². The number of likely N-dealkylation sites (N-methyl/N-ethyl adjacent to an activating group) is 1. The van der Waals surface area contributed by atoms with Crippen LogP contribution in [0.1, 0.15) is 24.3 Å². The van der Waals surface area contributed by atoms with Crippen molar-refractivity contribution in [1.82, 2.24) is 19.7 Å². The van der Waals surface area contributed by atoms with Crippen LogP contribution in [0, 0.1) is 5.41 Å². The van der Waals surface area contributed by atoms with Gasteiger partial charge in [-0.1, -0.05) is 0 Å². The van der Waals surface area contributed by atoms with Gasteiger partial charge in [-0.05, 0) is 33.4 Å². The highest BCUT2D eigenvalue weighted by Crippen LogP contribution is 2.48. The molecule has 1 amide bonds. The molecule has 3 saturated heterocycles. The Bertz CT molecular complexity index is 608. The highest BCUT2D eigenvalue weighted by Gasteiger charge is 2.58. The summed E-state index contributed by atoms with van der Waals surface area (Å²) in [4.78, 5) is 24.4. The zero-order chi connectivity index (χ0) is 17.4. The molecule has 3 aliphatic heterocycles. The number of piperidine rings is 1. The number of carbonyl (C=O) groups is 1. The highest BCUT2D eigenvalue weighted by molar-refractivity contribution is 7.09. The lowest BCUT2D eigenvalue weighted by Gasteiger charge is -2.43. The van der Waals surface area contributed by atoms with Gasteiger partial charge in [0.15, 0.2) is 0 Å². The van der Waals surface area contributed by atoms with E-state index in [4.69, 9.17) is 4.74 Å². The smallest absolute Gasteiger partial charge is 0.231 e. The third kappa shape index (κ3) is 3.35. The van der Waals surface area contributed by atoms with Crippen molar-refractivity contribution >= 4 is 17.2 Å². The molecule has 6 nitrogen and oxygen atoms in total. The van der Waals surface area contributed by atoms with Crippen molar-refractivity contribution in [3.8, 4) is 0 Å². The quantitative estimate of drug-likeness (QED) is 0.788. The van der Waals surface area contributed by atoms with Gasteiger partial charge in [-0.3, -0.25) is 9.69 Å². The second-order valence-corrected chi connectivity index (χ2v) is 8.91. The van der Waals surface area contributed by atoms with Crippen LogP contribution in [0.15, 0.2) is 11.6 Å². The molecule has 0 aromatic carbocycles. The van der Waals surface area contributed by atoms with Crippen molar-refractivity contribution in [2.45, 2.75) is 38.0 Å². The van der Waals surface area contributed by atoms with E-state index in [0.717, 1.165) is 63.5 Å². The molecule has 4 heterocycles. The van der Waals surface area contributed by atoms with Gasteiger partial charge in [0, 0.05) is 44.3 Å². The standard InChI is InChI=1S/C18H28N4O2S/c1-20(2)7-8-22-6-3-4-18(17(22)23)10-14-11-21(12-15(18)24-14)13-16-19-5-9-25-16/h5,9,14-15H,3-4,6-8,10-13H2,1-2H3/t14-,15+,18-/m0/s1. The lowest BCUT2D eigenvalue weighted by Crippen LogP contribution is -2.55.